The Morgan fingerprint density at radius 2 is 1.57 bits per heavy atom. The van der Waals surface area contributed by atoms with Gasteiger partial charge in [-0.2, -0.15) is 9.78 Å². The first-order valence-electron chi connectivity index (χ1n) is 19.8. The molecule has 1 saturated heterocycles. The first kappa shape index (κ1) is 39.0. The molecule has 1 fully saturated rings. The average molecular weight is 793 g/mol. The molecule has 4 atom stereocenters. The fourth-order valence-electron chi connectivity index (χ4n) is 9.35. The van der Waals surface area contributed by atoms with E-state index in [0.717, 1.165) is 27.4 Å². The predicted molar refractivity (Wildman–Crippen MR) is 228 cm³/mol. The molecule has 0 unspecified atom stereocenters. The molecule has 2 aliphatic rings. The van der Waals surface area contributed by atoms with Gasteiger partial charge in [0, 0.05) is 30.0 Å². The van der Waals surface area contributed by atoms with E-state index in [1.807, 2.05) is 109 Å². The maximum Gasteiger partial charge on any atom is 0.279 e. The minimum absolute atomic E-state index is 0.0167. The predicted octanol–water partition coefficient (Wildman–Crippen LogP) is 6.57. The molecule has 1 aromatic heterocycles. The van der Waals surface area contributed by atoms with Crippen LogP contribution in [0.5, 0.6) is 5.75 Å². The lowest BCUT2D eigenvalue weighted by Crippen LogP contribution is -2.52. The lowest BCUT2D eigenvalue weighted by atomic mass is 9.82. The third kappa shape index (κ3) is 6.82. The van der Waals surface area contributed by atoms with Crippen LogP contribution in [-0.2, 0) is 33.0 Å². The third-order valence-corrected chi connectivity index (χ3v) is 16.6. The molecular weight excluding hydrogens is 745 g/mol. The molecule has 0 saturated carbocycles. The van der Waals surface area contributed by atoms with E-state index in [1.165, 1.54) is 4.68 Å². The van der Waals surface area contributed by atoms with E-state index in [4.69, 9.17) is 9.47 Å². The number of anilines is 1. The van der Waals surface area contributed by atoms with Gasteiger partial charge in [0.2, 0.25) is 5.91 Å². The Balaban J connectivity index is 1.27. The summed E-state index contributed by atoms with van der Waals surface area (Å²) in [5.74, 6) is -0.0115. The van der Waals surface area contributed by atoms with E-state index in [0.29, 0.717) is 35.4 Å². The largest absolute Gasteiger partial charge is 0.497 e. The number of amides is 2. The minimum Gasteiger partial charge on any atom is -0.497 e. The molecule has 1 N–H and O–H groups in total. The Morgan fingerprint density at radius 3 is 2.26 bits per heavy atom. The van der Waals surface area contributed by atoms with E-state index >= 15 is 4.79 Å². The number of fused-ring (bicyclic) bond motifs is 3. The number of aliphatic hydroxyl groups excluding tert-OH is 1. The van der Waals surface area contributed by atoms with Crippen molar-refractivity contribution in [3.05, 3.63) is 161 Å². The van der Waals surface area contributed by atoms with Crippen molar-refractivity contribution in [3.63, 3.8) is 0 Å². The summed E-state index contributed by atoms with van der Waals surface area (Å²) in [6, 6.07) is 40.6. The smallest absolute Gasteiger partial charge is 0.279 e. The highest BCUT2D eigenvalue weighted by Gasteiger charge is 2.66. The number of hydrogen-bond donors (Lipinski definition) is 1. The SMILES string of the molecule is COc1ccc([Si](C)(C)[C@H]2[C@H](CC(=O)N(CCO)Cc3ccccc3)O[C@@]3(C(=O)N(Cc4ccccc4)c4ccc(-n5ncc6ccccc6c5=O)cc43)[C@@H]2C)cc1. The van der Waals surface area contributed by atoms with Gasteiger partial charge >= 0.3 is 0 Å². The molecule has 10 nitrogen and oxygen atoms in total. The fourth-order valence-corrected chi connectivity index (χ4v) is 13.4. The van der Waals surface area contributed by atoms with Crippen LogP contribution in [0.15, 0.2) is 138 Å². The summed E-state index contributed by atoms with van der Waals surface area (Å²) >= 11 is 0. The van der Waals surface area contributed by atoms with Crippen LogP contribution in [0.3, 0.4) is 0 Å². The summed E-state index contributed by atoms with van der Waals surface area (Å²) in [7, 11) is -0.957. The zero-order valence-electron chi connectivity index (χ0n) is 33.2. The standard InChI is InChI=1S/C47H48N4O6Si/c1-32-44(58(3,4)38-22-20-37(56-2)21-23-38)42(28-43(53)49(25-26-52)30-33-13-7-5-8-14-33)57-47(32)40-27-36(51-45(54)39-18-12-11-17-35(39)29-48-51)19-24-41(40)50(46(47)55)31-34-15-9-6-10-16-34/h5-24,27,29,32,42,44,52H,25-26,28,30-31H2,1-4H3/t32-,42+,44-,47+/m1/s1. The maximum absolute atomic E-state index is 15.5. The number of nitrogens with zero attached hydrogens (tertiary/aromatic N) is 4. The topological polar surface area (TPSA) is 114 Å². The van der Waals surface area contributed by atoms with Crippen LogP contribution < -0.4 is 20.4 Å². The molecule has 8 rings (SSSR count). The number of ether oxygens (including phenoxy) is 2. The van der Waals surface area contributed by atoms with E-state index in [-0.39, 0.29) is 42.5 Å². The van der Waals surface area contributed by atoms with Gasteiger partial charge in [-0.1, -0.05) is 116 Å². The van der Waals surface area contributed by atoms with Gasteiger partial charge in [0.25, 0.3) is 11.5 Å². The number of carbonyl (C=O) groups excluding carboxylic acids is 2. The summed E-state index contributed by atoms with van der Waals surface area (Å²) in [5, 5.41) is 17.1. The zero-order chi connectivity index (χ0) is 40.6. The fraction of sp³-hybridized carbons (Fsp3) is 0.277. The third-order valence-electron chi connectivity index (χ3n) is 12.3. The van der Waals surface area contributed by atoms with Crippen molar-refractivity contribution < 1.29 is 24.2 Å². The molecule has 2 amide bonds. The van der Waals surface area contributed by atoms with Crippen molar-refractivity contribution >= 4 is 41.5 Å². The number of aliphatic hydroxyl groups is 1. The van der Waals surface area contributed by atoms with Crippen LogP contribution >= 0.6 is 0 Å². The van der Waals surface area contributed by atoms with Crippen LogP contribution in [0, 0.1) is 5.92 Å². The lowest BCUT2D eigenvalue weighted by Gasteiger charge is -2.37. The molecule has 3 heterocycles. The molecular formula is C47H48N4O6Si. The average Bonchev–Trinajstić information content (AvgIpc) is 3.67. The molecule has 2 aliphatic heterocycles. The van der Waals surface area contributed by atoms with Crippen LogP contribution in [0.1, 0.15) is 30.0 Å². The zero-order valence-corrected chi connectivity index (χ0v) is 34.2. The number of benzene rings is 5. The van der Waals surface area contributed by atoms with Crippen molar-refractivity contribution in [1.82, 2.24) is 14.7 Å². The second kappa shape index (κ2) is 15.8. The van der Waals surface area contributed by atoms with Crippen LogP contribution in [-0.4, -0.2) is 66.0 Å². The number of carbonyl (C=O) groups is 2. The number of aromatic nitrogens is 2. The lowest BCUT2D eigenvalue weighted by molar-refractivity contribution is -0.150. The second-order valence-corrected chi connectivity index (χ2v) is 20.6. The van der Waals surface area contributed by atoms with Gasteiger partial charge in [-0.15, -0.1) is 0 Å². The van der Waals surface area contributed by atoms with E-state index < -0.39 is 25.7 Å². The van der Waals surface area contributed by atoms with Gasteiger partial charge in [0.1, 0.15) is 5.75 Å². The number of rotatable bonds is 12. The first-order chi connectivity index (χ1) is 28.1. The Morgan fingerprint density at radius 1 is 0.897 bits per heavy atom. The summed E-state index contributed by atoms with van der Waals surface area (Å²) in [4.78, 5) is 47.4. The molecule has 58 heavy (non-hydrogen) atoms. The number of hydrogen-bond acceptors (Lipinski definition) is 7. The molecule has 0 bridgehead atoms. The van der Waals surface area contributed by atoms with Gasteiger partial charge < -0.3 is 24.4 Å². The molecule has 11 heteroatoms. The number of methoxy groups -OCH3 is 1. The summed E-state index contributed by atoms with van der Waals surface area (Å²) in [6.07, 6.45) is 1.04. The molecule has 0 aliphatic carbocycles. The Labute approximate surface area is 339 Å². The molecule has 296 valence electrons. The molecule has 0 radical (unpaired) electrons. The van der Waals surface area contributed by atoms with Crippen molar-refractivity contribution in [2.45, 2.75) is 56.8 Å². The van der Waals surface area contributed by atoms with Gasteiger partial charge in [0.05, 0.1) is 63.8 Å². The summed E-state index contributed by atoms with van der Waals surface area (Å²) < 4.78 is 14.2. The van der Waals surface area contributed by atoms with Crippen LogP contribution in [0.4, 0.5) is 5.69 Å². The van der Waals surface area contributed by atoms with Crippen molar-refractivity contribution in [3.8, 4) is 11.4 Å². The molecule has 6 aromatic rings. The first-order valence-corrected chi connectivity index (χ1v) is 22.9. The minimum atomic E-state index is -2.60. The molecule has 1 spiro atoms. The van der Waals surface area contributed by atoms with E-state index in [2.05, 4.69) is 37.2 Å². The van der Waals surface area contributed by atoms with Gasteiger partial charge in [-0.3, -0.25) is 14.4 Å². The van der Waals surface area contributed by atoms with Crippen molar-refractivity contribution in [2.75, 3.05) is 25.2 Å². The highest BCUT2D eigenvalue weighted by molar-refractivity contribution is 6.91. The van der Waals surface area contributed by atoms with E-state index in [9.17, 15) is 14.7 Å². The van der Waals surface area contributed by atoms with Crippen LogP contribution in [0.2, 0.25) is 18.6 Å². The van der Waals surface area contributed by atoms with Crippen molar-refractivity contribution in [2.24, 2.45) is 5.92 Å². The highest BCUT2D eigenvalue weighted by atomic mass is 28.3. The summed E-state index contributed by atoms with van der Waals surface area (Å²) in [6.45, 7) is 7.27. The monoisotopic (exact) mass is 792 g/mol. The van der Waals surface area contributed by atoms with E-state index in [1.54, 1.807) is 29.2 Å². The highest BCUT2D eigenvalue weighted by Crippen LogP contribution is 2.60. The van der Waals surface area contributed by atoms with Gasteiger partial charge in [-0.25, -0.2) is 0 Å². The Bertz CT molecular complexity index is 2510. The normalized spacial score (nSPS) is 20.1. The summed E-state index contributed by atoms with van der Waals surface area (Å²) in [5.41, 5.74) is 1.80. The van der Waals surface area contributed by atoms with Gasteiger partial charge in [0.15, 0.2) is 5.60 Å². The molecule has 5 aromatic carbocycles. The second-order valence-electron chi connectivity index (χ2n) is 15.9. The Kier molecular flexibility index (Phi) is 10.6. The maximum atomic E-state index is 15.5. The quantitative estimate of drug-likeness (QED) is 0.140. The Hall–Kier alpha value is -5.88. The van der Waals surface area contributed by atoms with Crippen LogP contribution in [0.25, 0.3) is 16.5 Å². The van der Waals surface area contributed by atoms with Gasteiger partial charge in [-0.05, 0) is 53.1 Å². The van der Waals surface area contributed by atoms with Crippen molar-refractivity contribution in [1.29, 1.82) is 0 Å².